The molecule has 1 N–H and O–H groups in total. The minimum Gasteiger partial charge on any atom is -0.447 e. The minimum absolute atomic E-state index is 0.256. The molecule has 1 saturated heterocycles. The van der Waals surface area contributed by atoms with E-state index in [0.29, 0.717) is 6.42 Å². The van der Waals surface area contributed by atoms with E-state index in [1.165, 1.54) is 12.1 Å². The molecule has 0 spiro atoms. The van der Waals surface area contributed by atoms with Gasteiger partial charge in [0.05, 0.1) is 0 Å². The van der Waals surface area contributed by atoms with Gasteiger partial charge < -0.3 is 10.1 Å². The van der Waals surface area contributed by atoms with Crippen molar-refractivity contribution < 1.29 is 13.9 Å². The normalized spacial score (nSPS) is 24.8. The fourth-order valence-electron chi connectivity index (χ4n) is 1.79. The van der Waals surface area contributed by atoms with Crippen LogP contribution in [0.1, 0.15) is 18.9 Å². The number of carbonyl (C=O) groups is 1. The molecule has 1 fully saturated rings. The zero-order valence-corrected chi connectivity index (χ0v) is 8.42. The van der Waals surface area contributed by atoms with Crippen LogP contribution in [0.25, 0.3) is 0 Å². The molecule has 80 valence electrons. The lowest BCUT2D eigenvalue weighted by Gasteiger charge is -2.25. The average molecular weight is 209 g/mol. The van der Waals surface area contributed by atoms with E-state index in [2.05, 4.69) is 5.32 Å². The monoisotopic (exact) mass is 209 g/mol. The lowest BCUT2D eigenvalue weighted by Crippen LogP contribution is -2.39. The van der Waals surface area contributed by atoms with Gasteiger partial charge in [-0.3, -0.25) is 0 Å². The van der Waals surface area contributed by atoms with E-state index in [-0.39, 0.29) is 12.4 Å². The van der Waals surface area contributed by atoms with Gasteiger partial charge >= 0.3 is 6.09 Å². The topological polar surface area (TPSA) is 38.3 Å². The Bertz CT molecular complexity index is 394. The predicted molar refractivity (Wildman–Crippen MR) is 52.9 cm³/mol. The Morgan fingerprint density at radius 3 is 2.93 bits per heavy atom. The number of ether oxygens (including phenoxy) is 1. The highest BCUT2D eigenvalue weighted by Crippen LogP contribution is 2.29. The summed E-state index contributed by atoms with van der Waals surface area (Å²) in [5.74, 6) is -0.304. The largest absolute Gasteiger partial charge is 0.447 e. The molecular formula is C11H12FNO2. The van der Waals surface area contributed by atoms with E-state index in [0.717, 1.165) is 5.56 Å². The standard InChI is InChI=1S/C11H12FNO2/c1-2-11(7-15-10(14)13-11)8-4-3-5-9(12)6-8/h3-6H,2,7H2,1H3,(H,13,14). The van der Waals surface area contributed by atoms with Gasteiger partial charge in [0.25, 0.3) is 0 Å². The Balaban J connectivity index is 2.38. The highest BCUT2D eigenvalue weighted by Gasteiger charge is 2.39. The predicted octanol–water partition coefficient (Wildman–Crippen LogP) is 2.17. The first-order valence-electron chi connectivity index (χ1n) is 4.87. The molecule has 1 aromatic rings. The van der Waals surface area contributed by atoms with Crippen molar-refractivity contribution in [2.75, 3.05) is 6.61 Å². The summed E-state index contributed by atoms with van der Waals surface area (Å²) in [5.41, 5.74) is 0.176. The number of hydrogen-bond donors (Lipinski definition) is 1. The number of halogens is 1. The Kier molecular flexibility index (Phi) is 2.34. The van der Waals surface area contributed by atoms with Crippen LogP contribution in [0.15, 0.2) is 24.3 Å². The number of rotatable bonds is 2. The van der Waals surface area contributed by atoms with Gasteiger partial charge in [0, 0.05) is 0 Å². The second-order valence-corrected chi connectivity index (χ2v) is 3.65. The Hall–Kier alpha value is -1.58. The van der Waals surface area contributed by atoms with Crippen LogP contribution >= 0.6 is 0 Å². The van der Waals surface area contributed by atoms with E-state index in [1.807, 2.05) is 6.92 Å². The molecule has 15 heavy (non-hydrogen) atoms. The van der Waals surface area contributed by atoms with Crippen LogP contribution < -0.4 is 5.32 Å². The van der Waals surface area contributed by atoms with Crippen molar-refractivity contribution in [1.82, 2.24) is 5.32 Å². The zero-order chi connectivity index (χ0) is 10.9. The van der Waals surface area contributed by atoms with Crippen LogP contribution in [0.4, 0.5) is 9.18 Å². The van der Waals surface area contributed by atoms with E-state index in [1.54, 1.807) is 12.1 Å². The van der Waals surface area contributed by atoms with Gasteiger partial charge in [0.15, 0.2) is 0 Å². The maximum absolute atomic E-state index is 13.1. The van der Waals surface area contributed by atoms with Crippen molar-refractivity contribution in [3.63, 3.8) is 0 Å². The lowest BCUT2D eigenvalue weighted by atomic mass is 9.89. The number of carbonyl (C=O) groups excluding carboxylic acids is 1. The molecule has 2 rings (SSSR count). The summed E-state index contributed by atoms with van der Waals surface area (Å²) in [6.45, 7) is 2.19. The highest BCUT2D eigenvalue weighted by atomic mass is 19.1. The number of cyclic esters (lactones) is 1. The van der Waals surface area contributed by atoms with Crippen LogP contribution in [-0.2, 0) is 10.3 Å². The van der Waals surface area contributed by atoms with Crippen molar-refractivity contribution >= 4 is 6.09 Å². The third kappa shape index (κ3) is 1.67. The molecule has 0 aliphatic carbocycles. The third-order valence-corrected chi connectivity index (χ3v) is 2.77. The molecule has 3 nitrogen and oxygen atoms in total. The summed E-state index contributed by atoms with van der Waals surface area (Å²) < 4.78 is 18.0. The molecule has 0 saturated carbocycles. The molecule has 4 heteroatoms. The molecule has 0 radical (unpaired) electrons. The molecule has 1 aliphatic rings. The first-order chi connectivity index (χ1) is 7.16. The summed E-state index contributed by atoms with van der Waals surface area (Å²) >= 11 is 0. The van der Waals surface area contributed by atoms with Crippen LogP contribution in [0.2, 0.25) is 0 Å². The number of nitrogens with one attached hydrogen (secondary N) is 1. The van der Waals surface area contributed by atoms with Gasteiger partial charge in [0.2, 0.25) is 0 Å². The van der Waals surface area contributed by atoms with Crippen molar-refractivity contribution in [3.8, 4) is 0 Å². The second-order valence-electron chi connectivity index (χ2n) is 3.65. The maximum atomic E-state index is 13.1. The van der Waals surface area contributed by atoms with Gasteiger partial charge in [-0.05, 0) is 24.1 Å². The van der Waals surface area contributed by atoms with Crippen LogP contribution in [0.3, 0.4) is 0 Å². The summed E-state index contributed by atoms with van der Waals surface area (Å²) in [6.07, 6.45) is 0.225. The summed E-state index contributed by atoms with van der Waals surface area (Å²) in [7, 11) is 0. The molecule has 0 bridgehead atoms. The lowest BCUT2D eigenvalue weighted by molar-refractivity contribution is 0.171. The van der Waals surface area contributed by atoms with Gasteiger partial charge in [-0.2, -0.15) is 0 Å². The van der Waals surface area contributed by atoms with E-state index in [4.69, 9.17) is 4.74 Å². The molecule has 1 aromatic carbocycles. The van der Waals surface area contributed by atoms with Crippen molar-refractivity contribution in [3.05, 3.63) is 35.6 Å². The smallest absolute Gasteiger partial charge is 0.408 e. The van der Waals surface area contributed by atoms with Gasteiger partial charge in [-0.1, -0.05) is 19.1 Å². The Morgan fingerprint density at radius 2 is 2.40 bits per heavy atom. The van der Waals surface area contributed by atoms with Crippen LogP contribution in [-0.4, -0.2) is 12.7 Å². The number of benzene rings is 1. The van der Waals surface area contributed by atoms with E-state index < -0.39 is 11.6 Å². The van der Waals surface area contributed by atoms with Crippen LogP contribution in [0, 0.1) is 5.82 Å². The molecule has 0 aromatic heterocycles. The minimum atomic E-state index is -0.570. The van der Waals surface area contributed by atoms with Crippen molar-refractivity contribution in [2.45, 2.75) is 18.9 Å². The molecule has 1 unspecified atom stereocenters. The summed E-state index contributed by atoms with van der Waals surface area (Å²) in [6, 6.07) is 6.23. The molecular weight excluding hydrogens is 197 g/mol. The van der Waals surface area contributed by atoms with Gasteiger partial charge in [-0.15, -0.1) is 0 Å². The fraction of sp³-hybridized carbons (Fsp3) is 0.364. The first-order valence-corrected chi connectivity index (χ1v) is 4.87. The Labute approximate surface area is 87.2 Å². The zero-order valence-electron chi connectivity index (χ0n) is 8.42. The molecule has 1 aliphatic heterocycles. The average Bonchev–Trinajstić information content (AvgIpc) is 2.61. The van der Waals surface area contributed by atoms with Crippen LogP contribution in [0.5, 0.6) is 0 Å². The van der Waals surface area contributed by atoms with E-state index in [9.17, 15) is 9.18 Å². The van der Waals surface area contributed by atoms with Crippen molar-refractivity contribution in [2.24, 2.45) is 0 Å². The second kappa shape index (κ2) is 3.53. The SMILES string of the molecule is CCC1(c2cccc(F)c2)COC(=O)N1. The molecule has 1 heterocycles. The summed E-state index contributed by atoms with van der Waals surface area (Å²) in [5, 5.41) is 2.73. The van der Waals surface area contributed by atoms with E-state index >= 15 is 0 Å². The molecule has 1 atom stereocenters. The highest BCUT2D eigenvalue weighted by molar-refractivity contribution is 5.71. The van der Waals surface area contributed by atoms with Crippen molar-refractivity contribution in [1.29, 1.82) is 0 Å². The van der Waals surface area contributed by atoms with Gasteiger partial charge in [0.1, 0.15) is 18.0 Å². The quantitative estimate of drug-likeness (QED) is 0.810. The fourth-order valence-corrected chi connectivity index (χ4v) is 1.79. The summed E-state index contributed by atoms with van der Waals surface area (Å²) in [4.78, 5) is 11.0. The maximum Gasteiger partial charge on any atom is 0.408 e. The number of amides is 1. The number of hydrogen-bond acceptors (Lipinski definition) is 2. The molecule has 1 amide bonds. The first kappa shape index (κ1) is 9.96. The third-order valence-electron chi connectivity index (χ3n) is 2.77. The Morgan fingerprint density at radius 1 is 1.60 bits per heavy atom. The van der Waals surface area contributed by atoms with Gasteiger partial charge in [-0.25, -0.2) is 9.18 Å². The number of alkyl carbamates (subject to hydrolysis) is 1.